The fraction of sp³-hybridized carbons (Fsp3) is 0.0769. The summed E-state index contributed by atoms with van der Waals surface area (Å²) in [5.74, 6) is 0.779. The van der Waals surface area contributed by atoms with Gasteiger partial charge in [0.1, 0.15) is 16.7 Å². The molecule has 0 amide bonds. The van der Waals surface area contributed by atoms with E-state index in [9.17, 15) is 4.21 Å². The van der Waals surface area contributed by atoms with E-state index in [1.54, 1.807) is 7.11 Å². The molecule has 4 heteroatoms. The van der Waals surface area contributed by atoms with Gasteiger partial charge in [0, 0.05) is 5.69 Å². The van der Waals surface area contributed by atoms with Crippen LogP contribution in [0, 0.1) is 0 Å². The lowest BCUT2D eigenvalue weighted by Crippen LogP contribution is -2.04. The number of hydrogen-bond donors (Lipinski definition) is 1. The van der Waals surface area contributed by atoms with Crippen molar-refractivity contribution in [3.05, 3.63) is 54.6 Å². The number of nitrogens with one attached hydrogen (secondary N) is 1. The highest BCUT2D eigenvalue weighted by Crippen LogP contribution is 2.17. The molecule has 0 saturated carbocycles. The fourth-order valence-electron chi connectivity index (χ4n) is 1.37. The number of rotatable bonds is 4. The van der Waals surface area contributed by atoms with Gasteiger partial charge in [-0.25, -0.2) is 4.21 Å². The van der Waals surface area contributed by atoms with Crippen molar-refractivity contribution in [1.29, 1.82) is 0 Å². The molecule has 0 fully saturated rings. The van der Waals surface area contributed by atoms with E-state index < -0.39 is 11.0 Å². The van der Waals surface area contributed by atoms with Gasteiger partial charge in [0.05, 0.1) is 12.0 Å². The molecule has 0 bridgehead atoms. The summed E-state index contributed by atoms with van der Waals surface area (Å²) in [4.78, 5) is 0.753. The van der Waals surface area contributed by atoms with Crippen LogP contribution in [0.3, 0.4) is 0 Å². The summed E-state index contributed by atoms with van der Waals surface area (Å²) in [6.07, 6.45) is 0. The highest BCUT2D eigenvalue weighted by molar-refractivity contribution is 7.86. The molecule has 0 radical (unpaired) electrons. The number of methoxy groups -OCH3 is 1. The van der Waals surface area contributed by atoms with Gasteiger partial charge in [-0.1, -0.05) is 18.2 Å². The monoisotopic (exact) mass is 247 g/mol. The first kappa shape index (κ1) is 11.7. The van der Waals surface area contributed by atoms with Crippen molar-refractivity contribution < 1.29 is 8.95 Å². The zero-order chi connectivity index (χ0) is 12.1. The molecule has 1 unspecified atom stereocenters. The molecule has 1 N–H and O–H groups in total. The van der Waals surface area contributed by atoms with E-state index in [-0.39, 0.29) is 0 Å². The first-order valence-electron chi connectivity index (χ1n) is 5.17. The van der Waals surface area contributed by atoms with Gasteiger partial charge in [0.25, 0.3) is 0 Å². The Kier molecular flexibility index (Phi) is 3.77. The lowest BCUT2D eigenvalue weighted by molar-refractivity contribution is 0.415. The molecule has 0 aliphatic carbocycles. The quantitative estimate of drug-likeness (QED) is 0.902. The van der Waals surface area contributed by atoms with Gasteiger partial charge in [-0.15, -0.1) is 0 Å². The first-order chi connectivity index (χ1) is 8.29. The highest BCUT2D eigenvalue weighted by Gasteiger charge is 2.02. The number of ether oxygens (including phenoxy) is 1. The van der Waals surface area contributed by atoms with E-state index in [1.165, 1.54) is 0 Å². The first-order valence-corrected chi connectivity index (χ1v) is 6.32. The number of anilines is 1. The van der Waals surface area contributed by atoms with Crippen molar-refractivity contribution in [2.75, 3.05) is 11.8 Å². The van der Waals surface area contributed by atoms with E-state index in [1.807, 2.05) is 54.6 Å². The van der Waals surface area contributed by atoms with Crippen molar-refractivity contribution in [3.8, 4) is 5.75 Å². The smallest absolute Gasteiger partial charge is 0.150 e. The summed E-state index contributed by atoms with van der Waals surface area (Å²) < 4.78 is 19.9. The molecule has 88 valence electrons. The lowest BCUT2D eigenvalue weighted by atomic mass is 10.3. The van der Waals surface area contributed by atoms with Crippen LogP contribution in [0.15, 0.2) is 59.5 Å². The Balaban J connectivity index is 2.08. The third-order valence-electron chi connectivity index (χ3n) is 2.26. The van der Waals surface area contributed by atoms with Crippen LogP contribution in [0.4, 0.5) is 5.69 Å². The Morgan fingerprint density at radius 1 is 1.00 bits per heavy atom. The maximum atomic E-state index is 11.9. The van der Waals surface area contributed by atoms with Crippen LogP contribution in [-0.4, -0.2) is 11.3 Å². The second kappa shape index (κ2) is 5.50. The molecule has 0 aliphatic heterocycles. The van der Waals surface area contributed by atoms with Crippen molar-refractivity contribution in [1.82, 2.24) is 0 Å². The van der Waals surface area contributed by atoms with Crippen molar-refractivity contribution in [3.63, 3.8) is 0 Å². The van der Waals surface area contributed by atoms with Crippen molar-refractivity contribution >= 4 is 16.7 Å². The second-order valence-electron chi connectivity index (χ2n) is 3.41. The summed E-state index contributed by atoms with van der Waals surface area (Å²) in [5.41, 5.74) is 0.799. The molecule has 0 aliphatic rings. The second-order valence-corrected chi connectivity index (χ2v) is 4.63. The Morgan fingerprint density at radius 3 is 2.24 bits per heavy atom. The Bertz CT molecular complexity index is 497. The molecular weight excluding hydrogens is 234 g/mol. The van der Waals surface area contributed by atoms with E-state index in [2.05, 4.69) is 4.72 Å². The van der Waals surface area contributed by atoms with E-state index in [0.717, 1.165) is 16.3 Å². The summed E-state index contributed by atoms with van der Waals surface area (Å²) in [6.45, 7) is 0. The number of hydrogen-bond acceptors (Lipinski definition) is 2. The van der Waals surface area contributed by atoms with Gasteiger partial charge in [0.2, 0.25) is 0 Å². The molecule has 0 spiro atoms. The molecule has 1 atom stereocenters. The molecule has 0 saturated heterocycles. The van der Waals surface area contributed by atoms with Crippen LogP contribution in [-0.2, 0) is 11.0 Å². The molecule has 2 aromatic rings. The minimum atomic E-state index is -1.23. The molecule has 17 heavy (non-hydrogen) atoms. The summed E-state index contributed by atoms with van der Waals surface area (Å²) in [5, 5.41) is 0. The SMILES string of the molecule is COc1ccc(NS(=O)c2ccccc2)cc1. The zero-order valence-corrected chi connectivity index (χ0v) is 10.2. The molecule has 2 aromatic carbocycles. The van der Waals surface area contributed by atoms with Crippen LogP contribution in [0.25, 0.3) is 0 Å². The van der Waals surface area contributed by atoms with Crippen LogP contribution >= 0.6 is 0 Å². The van der Waals surface area contributed by atoms with Gasteiger partial charge < -0.3 is 9.46 Å². The van der Waals surface area contributed by atoms with Crippen LogP contribution in [0.5, 0.6) is 5.75 Å². The Labute approximate surface area is 103 Å². The van der Waals surface area contributed by atoms with Crippen LogP contribution in [0.1, 0.15) is 0 Å². The van der Waals surface area contributed by atoms with Crippen LogP contribution < -0.4 is 9.46 Å². The summed E-state index contributed by atoms with van der Waals surface area (Å²) >= 11 is 0. The number of benzene rings is 2. The summed E-state index contributed by atoms with van der Waals surface area (Å²) in [6, 6.07) is 16.6. The largest absolute Gasteiger partial charge is 0.497 e. The van der Waals surface area contributed by atoms with Gasteiger partial charge in [-0.05, 0) is 36.4 Å². The van der Waals surface area contributed by atoms with Gasteiger partial charge in [0.15, 0.2) is 0 Å². The highest BCUT2D eigenvalue weighted by atomic mass is 32.2. The third kappa shape index (κ3) is 3.07. The maximum absolute atomic E-state index is 11.9. The molecule has 2 rings (SSSR count). The third-order valence-corrected chi connectivity index (χ3v) is 3.38. The van der Waals surface area contributed by atoms with Crippen molar-refractivity contribution in [2.24, 2.45) is 0 Å². The Morgan fingerprint density at radius 2 is 1.65 bits per heavy atom. The minimum absolute atomic E-state index is 0.753. The zero-order valence-electron chi connectivity index (χ0n) is 9.42. The van der Waals surface area contributed by atoms with Gasteiger partial charge in [-0.2, -0.15) is 0 Å². The van der Waals surface area contributed by atoms with Crippen LogP contribution in [0.2, 0.25) is 0 Å². The molecular formula is C13H13NO2S. The topological polar surface area (TPSA) is 38.3 Å². The Hall–Kier alpha value is -1.81. The predicted molar refractivity (Wildman–Crippen MR) is 69.5 cm³/mol. The lowest BCUT2D eigenvalue weighted by Gasteiger charge is -2.06. The maximum Gasteiger partial charge on any atom is 0.150 e. The van der Waals surface area contributed by atoms with Gasteiger partial charge >= 0.3 is 0 Å². The van der Waals surface area contributed by atoms with E-state index in [4.69, 9.17) is 4.74 Å². The predicted octanol–water partition coefficient (Wildman–Crippen LogP) is 2.83. The van der Waals surface area contributed by atoms with E-state index >= 15 is 0 Å². The molecule has 0 heterocycles. The molecule has 0 aromatic heterocycles. The van der Waals surface area contributed by atoms with Crippen molar-refractivity contribution in [2.45, 2.75) is 4.90 Å². The minimum Gasteiger partial charge on any atom is -0.497 e. The average Bonchev–Trinajstić information content (AvgIpc) is 2.40. The van der Waals surface area contributed by atoms with E-state index in [0.29, 0.717) is 0 Å². The average molecular weight is 247 g/mol. The fourth-order valence-corrected chi connectivity index (χ4v) is 2.24. The standard InChI is InChI=1S/C13H13NO2S/c1-16-12-9-7-11(8-10-12)14-17(15)13-5-3-2-4-6-13/h2-10,14H,1H3. The molecule has 3 nitrogen and oxygen atoms in total. The summed E-state index contributed by atoms with van der Waals surface area (Å²) in [7, 11) is 0.382. The van der Waals surface area contributed by atoms with Gasteiger partial charge in [-0.3, -0.25) is 0 Å². The normalized spacial score (nSPS) is 11.8.